The van der Waals surface area contributed by atoms with E-state index in [9.17, 15) is 9.59 Å². The van der Waals surface area contributed by atoms with Crippen molar-refractivity contribution in [3.63, 3.8) is 0 Å². The number of piperazine rings is 1. The number of hydrogen-bond acceptors (Lipinski definition) is 4. The van der Waals surface area contributed by atoms with E-state index in [1.807, 2.05) is 49.3 Å². The highest BCUT2D eigenvalue weighted by Gasteiger charge is 2.46. The van der Waals surface area contributed by atoms with Gasteiger partial charge in [-0.2, -0.15) is 0 Å². The molecule has 3 rings (SSSR count). The van der Waals surface area contributed by atoms with Crippen LogP contribution in [0.4, 0.5) is 0 Å². The van der Waals surface area contributed by atoms with Gasteiger partial charge in [-0.3, -0.25) is 9.59 Å². The van der Waals surface area contributed by atoms with E-state index in [1.54, 1.807) is 4.90 Å². The van der Waals surface area contributed by atoms with Crippen molar-refractivity contribution in [3.05, 3.63) is 35.9 Å². The van der Waals surface area contributed by atoms with E-state index in [0.29, 0.717) is 19.8 Å². The van der Waals surface area contributed by atoms with Crippen molar-refractivity contribution in [1.82, 2.24) is 15.1 Å². The van der Waals surface area contributed by atoms with E-state index in [4.69, 9.17) is 4.74 Å². The molecule has 0 aromatic heterocycles. The summed E-state index contributed by atoms with van der Waals surface area (Å²) in [5.41, 5.74) is 1.01. The van der Waals surface area contributed by atoms with E-state index >= 15 is 0 Å². The van der Waals surface area contributed by atoms with Gasteiger partial charge in [-0.15, -0.1) is 0 Å². The van der Waals surface area contributed by atoms with Crippen LogP contribution in [0.1, 0.15) is 5.56 Å². The molecule has 3 atom stereocenters. The molecule has 0 saturated carbocycles. The zero-order valence-corrected chi connectivity index (χ0v) is 12.9. The summed E-state index contributed by atoms with van der Waals surface area (Å²) in [6.45, 7) is 1.44. The zero-order chi connectivity index (χ0) is 15.7. The molecule has 2 fully saturated rings. The second-order valence-corrected chi connectivity index (χ2v) is 6.05. The summed E-state index contributed by atoms with van der Waals surface area (Å²) >= 11 is 0. The average molecular weight is 303 g/mol. The molecule has 2 aliphatic heterocycles. The molecule has 0 aliphatic carbocycles. The first kappa shape index (κ1) is 15.0. The first-order valence-corrected chi connectivity index (χ1v) is 7.47. The maximum absolute atomic E-state index is 12.3. The first-order chi connectivity index (χ1) is 10.6. The topological polar surface area (TPSA) is 61.9 Å². The largest absolute Gasteiger partial charge is 0.378 e. The smallest absolute Gasteiger partial charge is 0.312 e. The highest BCUT2D eigenvalue weighted by Crippen LogP contribution is 2.23. The molecule has 1 aromatic rings. The lowest BCUT2D eigenvalue weighted by molar-refractivity contribution is -0.159. The monoisotopic (exact) mass is 303 g/mol. The number of benzene rings is 1. The number of carbonyl (C=O) groups excluding carboxylic acids is 2. The van der Waals surface area contributed by atoms with Crippen LogP contribution in [0.5, 0.6) is 0 Å². The van der Waals surface area contributed by atoms with Gasteiger partial charge in [0, 0.05) is 6.54 Å². The van der Waals surface area contributed by atoms with Crippen molar-refractivity contribution in [2.45, 2.75) is 24.7 Å². The maximum atomic E-state index is 12.3. The zero-order valence-electron chi connectivity index (χ0n) is 12.9. The number of ether oxygens (including phenoxy) is 1. The molecular formula is C16H21N3O3. The molecule has 0 spiro atoms. The van der Waals surface area contributed by atoms with Crippen LogP contribution in [0.3, 0.4) is 0 Å². The fourth-order valence-electron chi connectivity index (χ4n) is 3.18. The number of amides is 2. The van der Waals surface area contributed by atoms with Gasteiger partial charge < -0.3 is 19.9 Å². The van der Waals surface area contributed by atoms with Gasteiger partial charge in [0.15, 0.2) is 0 Å². The lowest BCUT2D eigenvalue weighted by Gasteiger charge is -2.48. The molecule has 6 nitrogen and oxygen atoms in total. The first-order valence-electron chi connectivity index (χ1n) is 7.47. The second kappa shape index (κ2) is 6.06. The lowest BCUT2D eigenvalue weighted by atomic mass is 9.93. The summed E-state index contributed by atoms with van der Waals surface area (Å²) in [7, 11) is 3.92. The third kappa shape index (κ3) is 2.71. The van der Waals surface area contributed by atoms with Crippen molar-refractivity contribution in [3.8, 4) is 0 Å². The highest BCUT2D eigenvalue weighted by molar-refractivity contribution is 6.35. The Morgan fingerprint density at radius 2 is 1.95 bits per heavy atom. The molecule has 2 unspecified atom stereocenters. The molecule has 2 aliphatic rings. The predicted molar refractivity (Wildman–Crippen MR) is 81.0 cm³/mol. The summed E-state index contributed by atoms with van der Waals surface area (Å²) in [5.74, 6) is -1.00. The Kier molecular flexibility index (Phi) is 4.13. The van der Waals surface area contributed by atoms with Gasteiger partial charge in [-0.05, 0) is 19.7 Å². The molecular weight excluding hydrogens is 282 g/mol. The van der Waals surface area contributed by atoms with Crippen LogP contribution in [-0.2, 0) is 20.9 Å². The number of nitrogens with zero attached hydrogens (tertiary/aromatic N) is 2. The van der Waals surface area contributed by atoms with Crippen LogP contribution in [0.25, 0.3) is 0 Å². The van der Waals surface area contributed by atoms with Crippen molar-refractivity contribution < 1.29 is 14.3 Å². The van der Waals surface area contributed by atoms with Gasteiger partial charge in [0.2, 0.25) is 0 Å². The van der Waals surface area contributed by atoms with Crippen LogP contribution in [0.2, 0.25) is 0 Å². The van der Waals surface area contributed by atoms with E-state index in [0.717, 1.165) is 5.56 Å². The van der Waals surface area contributed by atoms with Crippen molar-refractivity contribution in [2.75, 3.05) is 27.3 Å². The number of hydrogen-bond donors (Lipinski definition) is 1. The Hall–Kier alpha value is -1.92. The third-order valence-electron chi connectivity index (χ3n) is 4.42. The Morgan fingerprint density at radius 3 is 2.64 bits per heavy atom. The minimum Gasteiger partial charge on any atom is -0.378 e. The maximum Gasteiger partial charge on any atom is 0.312 e. The van der Waals surface area contributed by atoms with Crippen LogP contribution in [-0.4, -0.2) is 67.0 Å². The fraction of sp³-hybridized carbons (Fsp3) is 0.500. The van der Waals surface area contributed by atoms with Crippen molar-refractivity contribution in [2.24, 2.45) is 0 Å². The highest BCUT2D eigenvalue weighted by atomic mass is 16.5. The molecule has 22 heavy (non-hydrogen) atoms. The van der Waals surface area contributed by atoms with Gasteiger partial charge in [0.25, 0.3) is 0 Å². The predicted octanol–water partition coefficient (Wildman–Crippen LogP) is -0.157. The molecule has 118 valence electrons. The average Bonchev–Trinajstić information content (AvgIpc) is 2.52. The minimum absolute atomic E-state index is 0.0640. The quantitative estimate of drug-likeness (QED) is 0.789. The Morgan fingerprint density at radius 1 is 1.23 bits per heavy atom. The van der Waals surface area contributed by atoms with E-state index in [1.165, 1.54) is 0 Å². The van der Waals surface area contributed by atoms with Crippen molar-refractivity contribution >= 4 is 11.8 Å². The van der Waals surface area contributed by atoms with Crippen LogP contribution < -0.4 is 5.32 Å². The molecule has 6 heteroatoms. The number of carbonyl (C=O) groups is 2. The normalized spacial score (nSPS) is 28.5. The van der Waals surface area contributed by atoms with Gasteiger partial charge in [0.1, 0.15) is 0 Å². The van der Waals surface area contributed by atoms with Crippen molar-refractivity contribution in [1.29, 1.82) is 0 Å². The molecule has 1 N–H and O–H groups in total. The molecule has 2 amide bonds. The van der Waals surface area contributed by atoms with E-state index < -0.39 is 11.8 Å². The summed E-state index contributed by atoms with van der Waals surface area (Å²) in [4.78, 5) is 28.0. The number of nitrogens with one attached hydrogen (secondary N) is 1. The van der Waals surface area contributed by atoms with Gasteiger partial charge in [0.05, 0.1) is 31.3 Å². The Balaban J connectivity index is 1.86. The fourth-order valence-corrected chi connectivity index (χ4v) is 3.18. The molecule has 2 saturated heterocycles. The third-order valence-corrected chi connectivity index (χ3v) is 4.42. The van der Waals surface area contributed by atoms with Crippen LogP contribution in [0, 0.1) is 0 Å². The number of likely N-dealkylation sites (N-methyl/N-ethyl adjacent to an activating group) is 1. The second-order valence-electron chi connectivity index (χ2n) is 6.05. The Bertz CT molecular complexity index is 561. The van der Waals surface area contributed by atoms with E-state index in [2.05, 4.69) is 5.32 Å². The van der Waals surface area contributed by atoms with Gasteiger partial charge >= 0.3 is 11.8 Å². The van der Waals surface area contributed by atoms with E-state index in [-0.39, 0.29) is 18.1 Å². The molecule has 1 aromatic carbocycles. The van der Waals surface area contributed by atoms with Crippen LogP contribution >= 0.6 is 0 Å². The molecule has 2 heterocycles. The summed E-state index contributed by atoms with van der Waals surface area (Å²) < 4.78 is 5.68. The summed E-state index contributed by atoms with van der Waals surface area (Å²) in [6.07, 6.45) is 0. The number of fused-ring (bicyclic) bond motifs is 1. The standard InChI is InChI=1S/C16H21N3O3/c1-18(2)12-9-22-10-13-14(12)17-15(20)16(21)19(13)8-11-6-4-3-5-7-11/h3-7,12-14H,8-10H2,1-2H3,(H,17,20)/t12?,13?,14-/m1/s1. The van der Waals surface area contributed by atoms with Crippen LogP contribution in [0.15, 0.2) is 30.3 Å². The van der Waals surface area contributed by atoms with Gasteiger partial charge in [-0.25, -0.2) is 0 Å². The SMILES string of the molecule is CN(C)C1COCC2[C@@H]1NC(=O)C(=O)N2Cc1ccccc1. The molecule has 0 bridgehead atoms. The Labute approximate surface area is 130 Å². The summed E-state index contributed by atoms with van der Waals surface area (Å²) in [5, 5.41) is 2.86. The molecule has 0 radical (unpaired) electrons. The lowest BCUT2D eigenvalue weighted by Crippen LogP contribution is -2.72. The summed E-state index contributed by atoms with van der Waals surface area (Å²) in [6, 6.07) is 9.55. The minimum atomic E-state index is -0.522. The number of rotatable bonds is 3. The van der Waals surface area contributed by atoms with Gasteiger partial charge in [-0.1, -0.05) is 30.3 Å².